The average Bonchev–Trinajstić information content (AvgIpc) is 2.49. The highest BCUT2D eigenvalue weighted by atomic mass is 15.0. The monoisotopic (exact) mass is 341 g/mol. The van der Waals surface area contributed by atoms with Crippen molar-refractivity contribution in [2.75, 3.05) is 6.54 Å². The molecule has 0 aliphatic carbocycles. The molecule has 0 aliphatic rings. The van der Waals surface area contributed by atoms with Crippen molar-refractivity contribution >= 4 is 10.9 Å². The highest BCUT2D eigenvalue weighted by Crippen LogP contribution is 2.29. The standard InChI is InChI=1S/C22H35N3/c1-20(2,3)18-12-9-15-13-16(10-11-17(15)24-18)22(7,8)25-19(14-23)21(4,5)6/h9-13,19,25H,14,23H2,1-8H3. The van der Waals surface area contributed by atoms with Gasteiger partial charge < -0.3 is 11.1 Å². The lowest BCUT2D eigenvalue weighted by Gasteiger charge is -2.38. The minimum Gasteiger partial charge on any atom is -0.329 e. The molecule has 3 heteroatoms. The number of benzene rings is 1. The molecule has 1 aromatic heterocycles. The van der Waals surface area contributed by atoms with Gasteiger partial charge in [0.15, 0.2) is 0 Å². The van der Waals surface area contributed by atoms with Crippen LogP contribution in [0.2, 0.25) is 0 Å². The Morgan fingerprint density at radius 3 is 2.12 bits per heavy atom. The van der Waals surface area contributed by atoms with Gasteiger partial charge in [0.05, 0.1) is 5.52 Å². The molecule has 1 aromatic carbocycles. The van der Waals surface area contributed by atoms with Gasteiger partial charge in [-0.25, -0.2) is 0 Å². The van der Waals surface area contributed by atoms with E-state index in [1.165, 1.54) is 10.9 Å². The molecule has 0 saturated carbocycles. The summed E-state index contributed by atoms with van der Waals surface area (Å²) >= 11 is 0. The van der Waals surface area contributed by atoms with Crippen LogP contribution in [0.1, 0.15) is 66.6 Å². The molecule has 0 radical (unpaired) electrons. The van der Waals surface area contributed by atoms with Crippen LogP contribution in [-0.4, -0.2) is 17.6 Å². The summed E-state index contributed by atoms with van der Waals surface area (Å²) in [5.41, 5.74) is 9.48. The normalized spacial score (nSPS) is 14.8. The van der Waals surface area contributed by atoms with Gasteiger partial charge in [-0.3, -0.25) is 4.98 Å². The Balaban J connectivity index is 2.37. The molecule has 1 unspecified atom stereocenters. The second-order valence-corrected chi connectivity index (χ2v) is 9.78. The van der Waals surface area contributed by atoms with Crippen LogP contribution in [0.25, 0.3) is 10.9 Å². The van der Waals surface area contributed by atoms with Crippen LogP contribution in [0.15, 0.2) is 30.3 Å². The molecule has 2 rings (SSSR count). The zero-order chi connectivity index (χ0) is 19.0. The Labute approximate surface area is 153 Å². The van der Waals surface area contributed by atoms with Crippen molar-refractivity contribution in [2.45, 2.75) is 72.4 Å². The molecule has 1 heterocycles. The van der Waals surface area contributed by atoms with Crippen LogP contribution in [0, 0.1) is 5.41 Å². The average molecular weight is 342 g/mol. The fourth-order valence-corrected chi connectivity index (χ4v) is 3.08. The Morgan fingerprint density at radius 2 is 1.60 bits per heavy atom. The molecule has 138 valence electrons. The fraction of sp³-hybridized carbons (Fsp3) is 0.591. The van der Waals surface area contributed by atoms with Crippen molar-refractivity contribution in [3.63, 3.8) is 0 Å². The molecular weight excluding hydrogens is 306 g/mol. The van der Waals surface area contributed by atoms with Gasteiger partial charge in [-0.15, -0.1) is 0 Å². The predicted octanol–water partition coefficient (Wildman–Crippen LogP) is 4.73. The number of rotatable bonds is 4. The lowest BCUT2D eigenvalue weighted by molar-refractivity contribution is 0.216. The van der Waals surface area contributed by atoms with Crippen LogP contribution in [0.4, 0.5) is 0 Å². The molecule has 0 fully saturated rings. The van der Waals surface area contributed by atoms with E-state index in [9.17, 15) is 0 Å². The van der Waals surface area contributed by atoms with E-state index >= 15 is 0 Å². The van der Waals surface area contributed by atoms with Crippen LogP contribution in [0.3, 0.4) is 0 Å². The summed E-state index contributed by atoms with van der Waals surface area (Å²) in [5, 5.41) is 4.94. The smallest absolute Gasteiger partial charge is 0.0705 e. The summed E-state index contributed by atoms with van der Waals surface area (Å²) in [6, 6.07) is 11.2. The minimum absolute atomic E-state index is 0.0642. The third-order valence-corrected chi connectivity index (χ3v) is 5.00. The second kappa shape index (κ2) is 6.69. The van der Waals surface area contributed by atoms with E-state index in [-0.39, 0.29) is 22.4 Å². The maximum absolute atomic E-state index is 6.02. The summed E-state index contributed by atoms with van der Waals surface area (Å²) in [4.78, 5) is 4.85. The van der Waals surface area contributed by atoms with Crippen LogP contribution in [0.5, 0.6) is 0 Å². The Hall–Kier alpha value is -1.45. The number of pyridine rings is 1. The van der Waals surface area contributed by atoms with Crippen molar-refractivity contribution in [1.29, 1.82) is 0 Å². The molecule has 1 atom stereocenters. The topological polar surface area (TPSA) is 50.9 Å². The van der Waals surface area contributed by atoms with Gasteiger partial charge in [0, 0.05) is 34.6 Å². The Kier molecular flexibility index (Phi) is 5.32. The third-order valence-electron chi connectivity index (χ3n) is 5.00. The van der Waals surface area contributed by atoms with Crippen molar-refractivity contribution in [2.24, 2.45) is 11.1 Å². The maximum atomic E-state index is 6.02. The van der Waals surface area contributed by atoms with E-state index in [0.717, 1.165) is 11.2 Å². The first kappa shape index (κ1) is 19.9. The van der Waals surface area contributed by atoms with E-state index in [4.69, 9.17) is 10.7 Å². The molecule has 2 aromatic rings. The van der Waals surface area contributed by atoms with Crippen LogP contribution < -0.4 is 11.1 Å². The van der Waals surface area contributed by atoms with Gasteiger partial charge in [0.2, 0.25) is 0 Å². The number of hydrogen-bond donors (Lipinski definition) is 2. The summed E-state index contributed by atoms with van der Waals surface area (Å²) in [5.74, 6) is 0. The summed E-state index contributed by atoms with van der Waals surface area (Å²) in [6.07, 6.45) is 0. The van der Waals surface area contributed by atoms with E-state index in [2.05, 4.69) is 91.0 Å². The van der Waals surface area contributed by atoms with Gasteiger partial charge in [-0.2, -0.15) is 0 Å². The van der Waals surface area contributed by atoms with Crippen molar-refractivity contribution in [3.05, 3.63) is 41.6 Å². The summed E-state index contributed by atoms with van der Waals surface area (Å²) < 4.78 is 0. The number of hydrogen-bond acceptors (Lipinski definition) is 3. The van der Waals surface area contributed by atoms with Crippen LogP contribution in [-0.2, 0) is 11.0 Å². The highest BCUT2D eigenvalue weighted by Gasteiger charge is 2.30. The second-order valence-electron chi connectivity index (χ2n) is 9.78. The molecule has 0 bridgehead atoms. The van der Waals surface area contributed by atoms with Crippen molar-refractivity contribution < 1.29 is 0 Å². The lowest BCUT2D eigenvalue weighted by Crippen LogP contribution is -2.53. The van der Waals surface area contributed by atoms with Crippen molar-refractivity contribution in [3.8, 4) is 0 Å². The number of fused-ring (bicyclic) bond motifs is 1. The first-order chi connectivity index (χ1) is 11.3. The largest absolute Gasteiger partial charge is 0.329 e. The molecule has 0 spiro atoms. The van der Waals surface area contributed by atoms with Gasteiger partial charge in [0.25, 0.3) is 0 Å². The molecule has 0 saturated heterocycles. The first-order valence-corrected chi connectivity index (χ1v) is 9.24. The number of aromatic nitrogens is 1. The summed E-state index contributed by atoms with van der Waals surface area (Å²) in [7, 11) is 0. The first-order valence-electron chi connectivity index (χ1n) is 9.24. The highest BCUT2D eigenvalue weighted by molar-refractivity contribution is 5.79. The molecule has 0 amide bonds. The Bertz CT molecular complexity index is 733. The molecule has 0 aliphatic heterocycles. The van der Waals surface area contributed by atoms with E-state index < -0.39 is 0 Å². The molecule has 25 heavy (non-hydrogen) atoms. The predicted molar refractivity (Wildman–Crippen MR) is 109 cm³/mol. The van der Waals surface area contributed by atoms with E-state index in [0.29, 0.717) is 6.54 Å². The number of nitrogens with two attached hydrogens (primary N) is 1. The van der Waals surface area contributed by atoms with Gasteiger partial charge in [-0.1, -0.05) is 53.7 Å². The SMILES string of the molecule is CC(C)(C)c1ccc2cc(C(C)(C)NC(CN)C(C)(C)C)ccc2n1. The fourth-order valence-electron chi connectivity index (χ4n) is 3.08. The summed E-state index contributed by atoms with van der Waals surface area (Å²) in [6.45, 7) is 18.3. The van der Waals surface area contributed by atoms with Crippen molar-refractivity contribution in [1.82, 2.24) is 10.3 Å². The van der Waals surface area contributed by atoms with Gasteiger partial charge in [-0.05, 0) is 43.0 Å². The maximum Gasteiger partial charge on any atom is 0.0705 e. The van der Waals surface area contributed by atoms with Crippen LogP contribution >= 0.6 is 0 Å². The third kappa shape index (κ3) is 4.59. The van der Waals surface area contributed by atoms with E-state index in [1.54, 1.807) is 0 Å². The van der Waals surface area contributed by atoms with E-state index in [1.807, 2.05) is 0 Å². The molecule has 3 nitrogen and oxygen atoms in total. The molecule has 3 N–H and O–H groups in total. The molecular formula is C22H35N3. The van der Waals surface area contributed by atoms with Gasteiger partial charge >= 0.3 is 0 Å². The zero-order valence-electron chi connectivity index (χ0n) is 17.2. The number of nitrogens with one attached hydrogen (secondary N) is 1. The Morgan fingerprint density at radius 1 is 0.960 bits per heavy atom. The quantitative estimate of drug-likeness (QED) is 0.845. The van der Waals surface area contributed by atoms with Gasteiger partial charge in [0.1, 0.15) is 0 Å². The zero-order valence-corrected chi connectivity index (χ0v) is 17.2. The minimum atomic E-state index is -0.159. The number of nitrogens with zero attached hydrogens (tertiary/aromatic N) is 1. The lowest BCUT2D eigenvalue weighted by atomic mass is 9.83.